The summed E-state index contributed by atoms with van der Waals surface area (Å²) in [6.45, 7) is 9.18. The van der Waals surface area contributed by atoms with Gasteiger partial charge in [-0.1, -0.05) is 45.9 Å². The molecule has 1 aromatic carbocycles. The van der Waals surface area contributed by atoms with Crippen molar-refractivity contribution in [2.45, 2.75) is 64.8 Å². The van der Waals surface area contributed by atoms with Gasteiger partial charge in [-0.2, -0.15) is 0 Å². The van der Waals surface area contributed by atoms with E-state index in [0.717, 1.165) is 5.69 Å². The summed E-state index contributed by atoms with van der Waals surface area (Å²) in [4.78, 5) is 18.7. The van der Waals surface area contributed by atoms with E-state index < -0.39 is 0 Å². The predicted molar refractivity (Wildman–Crippen MR) is 109 cm³/mol. The number of carbonyl (C=O) groups excluding carboxylic acids is 1. The average Bonchev–Trinajstić information content (AvgIpc) is 3.50. The molecule has 1 aromatic heterocycles. The SMILES string of the molecule is CCC(=O)N(Cc1cc(C2CC2)cc(C(C)(C)C)c1)c1ccc(OC)nc1. The Hall–Kier alpha value is -2.36. The lowest BCUT2D eigenvalue weighted by Crippen LogP contribution is -2.30. The van der Waals surface area contributed by atoms with Gasteiger partial charge in [-0.3, -0.25) is 4.79 Å². The molecular formula is C23H30N2O2. The number of methoxy groups -OCH3 is 1. The Morgan fingerprint density at radius 2 is 1.96 bits per heavy atom. The summed E-state index contributed by atoms with van der Waals surface area (Å²) in [6, 6.07) is 10.6. The first-order valence-electron chi connectivity index (χ1n) is 9.76. The fraction of sp³-hybridized carbons (Fsp3) is 0.478. The zero-order valence-electron chi connectivity index (χ0n) is 17.1. The second-order valence-corrected chi connectivity index (χ2v) is 8.38. The van der Waals surface area contributed by atoms with Crippen LogP contribution in [0.1, 0.15) is 69.6 Å². The highest BCUT2D eigenvalue weighted by Gasteiger charge is 2.26. The standard InChI is InChI=1S/C23H30N2O2/c1-6-22(26)25(20-9-10-21(27-5)24-14-20)15-16-11-18(17-7-8-17)13-19(12-16)23(2,3)4/h9-14,17H,6-8,15H2,1-5H3. The molecule has 0 aliphatic heterocycles. The van der Waals surface area contributed by atoms with Gasteiger partial charge < -0.3 is 9.64 Å². The summed E-state index contributed by atoms with van der Waals surface area (Å²) >= 11 is 0. The van der Waals surface area contributed by atoms with Crippen molar-refractivity contribution in [2.75, 3.05) is 12.0 Å². The number of nitrogens with zero attached hydrogens (tertiary/aromatic N) is 2. The molecule has 0 spiro atoms. The minimum Gasteiger partial charge on any atom is -0.481 e. The Bertz CT molecular complexity index is 802. The van der Waals surface area contributed by atoms with E-state index in [-0.39, 0.29) is 11.3 Å². The maximum absolute atomic E-state index is 12.7. The highest BCUT2D eigenvalue weighted by atomic mass is 16.5. The van der Waals surface area contributed by atoms with E-state index in [9.17, 15) is 4.79 Å². The molecule has 144 valence electrons. The molecule has 27 heavy (non-hydrogen) atoms. The summed E-state index contributed by atoms with van der Waals surface area (Å²) in [5.41, 5.74) is 4.81. The third kappa shape index (κ3) is 4.68. The molecule has 0 N–H and O–H groups in total. The van der Waals surface area contributed by atoms with E-state index in [2.05, 4.69) is 44.0 Å². The number of hydrogen-bond acceptors (Lipinski definition) is 3. The Balaban J connectivity index is 1.95. The molecule has 1 aliphatic rings. The van der Waals surface area contributed by atoms with Gasteiger partial charge in [-0.25, -0.2) is 4.98 Å². The molecule has 2 aromatic rings. The van der Waals surface area contributed by atoms with Crippen LogP contribution in [0, 0.1) is 0 Å². The fourth-order valence-corrected chi connectivity index (χ4v) is 3.24. The predicted octanol–water partition coefficient (Wildman–Crippen LogP) is 5.21. The lowest BCUT2D eigenvalue weighted by Gasteiger charge is -2.25. The maximum atomic E-state index is 12.7. The van der Waals surface area contributed by atoms with Gasteiger partial charge >= 0.3 is 0 Å². The fourth-order valence-electron chi connectivity index (χ4n) is 3.24. The maximum Gasteiger partial charge on any atom is 0.227 e. The number of amides is 1. The highest BCUT2D eigenvalue weighted by Crippen LogP contribution is 2.42. The second-order valence-electron chi connectivity index (χ2n) is 8.38. The van der Waals surface area contributed by atoms with Crippen LogP contribution >= 0.6 is 0 Å². The van der Waals surface area contributed by atoms with Gasteiger partial charge in [-0.05, 0) is 46.9 Å². The van der Waals surface area contributed by atoms with Gasteiger partial charge in [-0.15, -0.1) is 0 Å². The largest absolute Gasteiger partial charge is 0.481 e. The van der Waals surface area contributed by atoms with Gasteiger partial charge in [0.05, 0.1) is 25.5 Å². The van der Waals surface area contributed by atoms with Crippen LogP contribution in [0.15, 0.2) is 36.5 Å². The molecule has 0 atom stereocenters. The van der Waals surface area contributed by atoms with Crippen LogP contribution in [0.25, 0.3) is 0 Å². The van der Waals surface area contributed by atoms with E-state index in [1.807, 2.05) is 17.9 Å². The molecule has 0 bridgehead atoms. The third-order valence-corrected chi connectivity index (χ3v) is 5.12. The first kappa shape index (κ1) is 19.4. The molecule has 4 nitrogen and oxygen atoms in total. The number of aromatic nitrogens is 1. The first-order valence-corrected chi connectivity index (χ1v) is 9.76. The van der Waals surface area contributed by atoms with Crippen molar-refractivity contribution < 1.29 is 9.53 Å². The van der Waals surface area contributed by atoms with E-state index in [4.69, 9.17) is 4.74 Å². The van der Waals surface area contributed by atoms with Crippen LogP contribution in [-0.4, -0.2) is 18.0 Å². The Morgan fingerprint density at radius 3 is 2.48 bits per heavy atom. The number of anilines is 1. The van der Waals surface area contributed by atoms with Gasteiger partial charge in [0.25, 0.3) is 0 Å². The van der Waals surface area contributed by atoms with Gasteiger partial charge in [0.15, 0.2) is 0 Å². The number of ether oxygens (including phenoxy) is 1. The minimum absolute atomic E-state index is 0.0842. The number of hydrogen-bond donors (Lipinski definition) is 0. The molecular weight excluding hydrogens is 336 g/mol. The van der Waals surface area contributed by atoms with Crippen LogP contribution in [0.4, 0.5) is 5.69 Å². The summed E-state index contributed by atoms with van der Waals surface area (Å²) in [5.74, 6) is 1.33. The molecule has 1 aliphatic carbocycles. The molecule has 0 radical (unpaired) electrons. The van der Waals surface area contributed by atoms with Gasteiger partial charge in [0, 0.05) is 12.5 Å². The number of rotatable bonds is 6. The van der Waals surface area contributed by atoms with E-state index in [0.29, 0.717) is 24.8 Å². The first-order chi connectivity index (χ1) is 12.8. The normalized spacial score (nSPS) is 14.1. The zero-order valence-corrected chi connectivity index (χ0v) is 17.1. The van der Waals surface area contributed by atoms with E-state index >= 15 is 0 Å². The quantitative estimate of drug-likeness (QED) is 0.705. The molecule has 1 fully saturated rings. The average molecular weight is 367 g/mol. The highest BCUT2D eigenvalue weighted by molar-refractivity contribution is 5.92. The molecule has 1 amide bonds. The van der Waals surface area contributed by atoms with Gasteiger partial charge in [0.1, 0.15) is 0 Å². The van der Waals surface area contributed by atoms with Crippen LogP contribution in [-0.2, 0) is 16.8 Å². The van der Waals surface area contributed by atoms with Crippen LogP contribution in [0.5, 0.6) is 5.88 Å². The molecule has 3 rings (SSSR count). The summed E-state index contributed by atoms with van der Waals surface area (Å²) < 4.78 is 5.14. The van der Waals surface area contributed by atoms with Crippen molar-refractivity contribution in [3.05, 3.63) is 53.2 Å². The van der Waals surface area contributed by atoms with Crippen molar-refractivity contribution in [2.24, 2.45) is 0 Å². The topological polar surface area (TPSA) is 42.4 Å². The van der Waals surface area contributed by atoms with Crippen molar-refractivity contribution in [3.63, 3.8) is 0 Å². The molecule has 4 heteroatoms. The third-order valence-electron chi connectivity index (χ3n) is 5.12. The van der Waals surface area contributed by atoms with Crippen molar-refractivity contribution in [1.82, 2.24) is 4.98 Å². The second kappa shape index (κ2) is 7.71. The monoisotopic (exact) mass is 366 g/mol. The summed E-state index contributed by atoms with van der Waals surface area (Å²) in [5, 5.41) is 0. The lowest BCUT2D eigenvalue weighted by atomic mass is 9.84. The van der Waals surface area contributed by atoms with Crippen molar-refractivity contribution >= 4 is 11.6 Å². The zero-order chi connectivity index (χ0) is 19.6. The van der Waals surface area contributed by atoms with Crippen LogP contribution in [0.2, 0.25) is 0 Å². The Labute approximate surface area is 162 Å². The molecule has 0 saturated heterocycles. The van der Waals surface area contributed by atoms with Crippen LogP contribution in [0.3, 0.4) is 0 Å². The van der Waals surface area contributed by atoms with E-state index in [1.54, 1.807) is 19.4 Å². The number of benzene rings is 1. The summed E-state index contributed by atoms with van der Waals surface area (Å²) in [6.07, 6.45) is 4.71. The Kier molecular flexibility index (Phi) is 5.54. The van der Waals surface area contributed by atoms with Crippen molar-refractivity contribution in [3.8, 4) is 5.88 Å². The molecule has 1 saturated carbocycles. The lowest BCUT2D eigenvalue weighted by molar-refractivity contribution is -0.118. The van der Waals surface area contributed by atoms with Crippen molar-refractivity contribution in [1.29, 1.82) is 0 Å². The Morgan fingerprint density at radius 1 is 1.22 bits per heavy atom. The van der Waals surface area contributed by atoms with Crippen LogP contribution < -0.4 is 9.64 Å². The smallest absolute Gasteiger partial charge is 0.227 e. The molecule has 1 heterocycles. The molecule has 0 unspecified atom stereocenters. The summed E-state index contributed by atoms with van der Waals surface area (Å²) in [7, 11) is 1.59. The van der Waals surface area contributed by atoms with Gasteiger partial charge in [0.2, 0.25) is 11.8 Å². The number of pyridine rings is 1. The van der Waals surface area contributed by atoms with E-state index in [1.165, 1.54) is 29.5 Å². The number of carbonyl (C=O) groups is 1. The minimum atomic E-state index is 0.0842.